The molecule has 2 N–H and O–H groups in total. The van der Waals surface area contributed by atoms with Gasteiger partial charge in [0.15, 0.2) is 0 Å². The Balaban J connectivity index is 2.25. The molecule has 0 aromatic heterocycles. The van der Waals surface area contributed by atoms with Crippen molar-refractivity contribution in [1.29, 1.82) is 5.41 Å². The van der Waals surface area contributed by atoms with E-state index in [9.17, 15) is 0 Å². The van der Waals surface area contributed by atoms with Crippen LogP contribution in [0, 0.1) is 5.41 Å². The molecule has 1 aliphatic carbocycles. The second-order valence-electron chi connectivity index (χ2n) is 3.29. The largest absolute Gasteiger partial charge is 0.382 e. The lowest BCUT2D eigenvalue weighted by Gasteiger charge is -2.07. The zero-order valence-electron chi connectivity index (χ0n) is 7.18. The van der Waals surface area contributed by atoms with Gasteiger partial charge in [0.25, 0.3) is 0 Å². The van der Waals surface area contributed by atoms with E-state index in [0.717, 1.165) is 15.7 Å². The van der Waals surface area contributed by atoms with Crippen molar-refractivity contribution >= 4 is 27.8 Å². The molecule has 0 spiro atoms. The summed E-state index contributed by atoms with van der Waals surface area (Å²) in [4.78, 5) is 0. The molecule has 13 heavy (non-hydrogen) atoms. The average Bonchev–Trinajstić information content (AvgIpc) is 2.92. The molecule has 0 radical (unpaired) electrons. The minimum atomic E-state index is 0.639. The van der Waals surface area contributed by atoms with Crippen LogP contribution in [0.25, 0.3) is 0 Å². The topological polar surface area (TPSA) is 35.9 Å². The number of hydrogen-bond donors (Lipinski definition) is 2. The summed E-state index contributed by atoms with van der Waals surface area (Å²) in [6.45, 7) is 0. The van der Waals surface area contributed by atoms with Crippen LogP contribution in [-0.2, 0) is 0 Å². The van der Waals surface area contributed by atoms with Crippen molar-refractivity contribution in [3.63, 3.8) is 0 Å². The summed E-state index contributed by atoms with van der Waals surface area (Å²) in [6, 6.07) is 6.61. The van der Waals surface area contributed by atoms with E-state index in [1.165, 1.54) is 19.1 Å². The fourth-order valence-electron chi connectivity index (χ4n) is 1.23. The van der Waals surface area contributed by atoms with Crippen molar-refractivity contribution in [2.24, 2.45) is 0 Å². The SMILES string of the molecule is N=Cc1cc(Br)ccc1NC1CC1. The highest BCUT2D eigenvalue weighted by Gasteiger charge is 2.21. The van der Waals surface area contributed by atoms with E-state index in [0.29, 0.717) is 6.04 Å². The van der Waals surface area contributed by atoms with Crippen molar-refractivity contribution in [2.45, 2.75) is 18.9 Å². The maximum Gasteiger partial charge on any atom is 0.0432 e. The highest BCUT2D eigenvalue weighted by atomic mass is 79.9. The monoisotopic (exact) mass is 238 g/mol. The second-order valence-corrected chi connectivity index (χ2v) is 4.21. The summed E-state index contributed by atoms with van der Waals surface area (Å²) < 4.78 is 1.02. The van der Waals surface area contributed by atoms with Gasteiger partial charge in [-0.05, 0) is 31.0 Å². The molecule has 0 aliphatic heterocycles. The van der Waals surface area contributed by atoms with Gasteiger partial charge in [-0.3, -0.25) is 0 Å². The lowest BCUT2D eigenvalue weighted by atomic mass is 10.2. The average molecular weight is 239 g/mol. The highest BCUT2D eigenvalue weighted by molar-refractivity contribution is 9.10. The summed E-state index contributed by atoms with van der Waals surface area (Å²) in [6.07, 6.45) is 3.90. The van der Waals surface area contributed by atoms with Crippen LogP contribution in [0.4, 0.5) is 5.69 Å². The van der Waals surface area contributed by atoms with Gasteiger partial charge in [0.2, 0.25) is 0 Å². The molecule has 2 nitrogen and oxygen atoms in total. The van der Waals surface area contributed by atoms with Crippen LogP contribution in [0.15, 0.2) is 22.7 Å². The first-order valence-electron chi connectivity index (χ1n) is 4.36. The molecule has 0 heterocycles. The Morgan fingerprint density at radius 3 is 2.85 bits per heavy atom. The lowest BCUT2D eigenvalue weighted by molar-refractivity contribution is 1.15. The van der Waals surface area contributed by atoms with E-state index in [4.69, 9.17) is 5.41 Å². The molecule has 1 aromatic carbocycles. The van der Waals surface area contributed by atoms with Crippen LogP contribution in [-0.4, -0.2) is 12.3 Å². The molecule has 1 fully saturated rings. The first-order valence-corrected chi connectivity index (χ1v) is 5.15. The van der Waals surface area contributed by atoms with Crippen molar-refractivity contribution in [3.05, 3.63) is 28.2 Å². The van der Waals surface area contributed by atoms with E-state index < -0.39 is 0 Å². The van der Waals surface area contributed by atoms with Gasteiger partial charge >= 0.3 is 0 Å². The maximum absolute atomic E-state index is 7.26. The van der Waals surface area contributed by atoms with E-state index >= 15 is 0 Å². The molecule has 0 amide bonds. The third-order valence-electron chi connectivity index (χ3n) is 2.11. The van der Waals surface area contributed by atoms with E-state index in [2.05, 4.69) is 21.2 Å². The molecule has 2 rings (SSSR count). The minimum absolute atomic E-state index is 0.639. The van der Waals surface area contributed by atoms with Gasteiger partial charge in [-0.1, -0.05) is 15.9 Å². The Bertz CT molecular complexity index is 332. The standard InChI is InChI=1S/C10H11BrN2/c11-8-1-4-10(7(5-8)6-12)13-9-2-3-9/h1,4-6,9,12-13H,2-3H2. The summed E-state index contributed by atoms with van der Waals surface area (Å²) >= 11 is 3.39. The number of halogens is 1. The fourth-order valence-corrected chi connectivity index (χ4v) is 1.61. The molecule has 0 atom stereocenters. The Hall–Kier alpha value is -0.830. The van der Waals surface area contributed by atoms with Crippen molar-refractivity contribution in [2.75, 3.05) is 5.32 Å². The van der Waals surface area contributed by atoms with Crippen LogP contribution >= 0.6 is 15.9 Å². The zero-order valence-corrected chi connectivity index (χ0v) is 8.76. The van der Waals surface area contributed by atoms with Gasteiger partial charge in [0.05, 0.1) is 0 Å². The first kappa shape index (κ1) is 8.75. The number of hydrogen-bond acceptors (Lipinski definition) is 2. The Morgan fingerprint density at radius 1 is 1.46 bits per heavy atom. The molecule has 0 saturated heterocycles. The smallest absolute Gasteiger partial charge is 0.0432 e. The van der Waals surface area contributed by atoms with Crippen LogP contribution < -0.4 is 5.32 Å². The van der Waals surface area contributed by atoms with E-state index in [-0.39, 0.29) is 0 Å². The van der Waals surface area contributed by atoms with Gasteiger partial charge < -0.3 is 10.7 Å². The molecular formula is C10H11BrN2. The summed E-state index contributed by atoms with van der Waals surface area (Å²) in [7, 11) is 0. The Morgan fingerprint density at radius 2 is 2.23 bits per heavy atom. The maximum atomic E-state index is 7.26. The third kappa shape index (κ3) is 2.10. The molecule has 1 aliphatic rings. The van der Waals surface area contributed by atoms with Crippen molar-refractivity contribution in [3.8, 4) is 0 Å². The number of benzene rings is 1. The minimum Gasteiger partial charge on any atom is -0.382 e. The summed E-state index contributed by atoms with van der Waals surface area (Å²) in [5.74, 6) is 0. The normalized spacial score (nSPS) is 15.5. The molecule has 68 valence electrons. The van der Waals surface area contributed by atoms with Gasteiger partial charge in [-0.25, -0.2) is 0 Å². The van der Waals surface area contributed by atoms with Gasteiger partial charge in [-0.15, -0.1) is 0 Å². The molecule has 3 heteroatoms. The van der Waals surface area contributed by atoms with Crippen LogP contribution in [0.2, 0.25) is 0 Å². The molecule has 0 unspecified atom stereocenters. The van der Waals surface area contributed by atoms with E-state index in [1.54, 1.807) is 0 Å². The number of nitrogens with one attached hydrogen (secondary N) is 2. The van der Waals surface area contributed by atoms with Crippen molar-refractivity contribution in [1.82, 2.24) is 0 Å². The Labute approximate surface area is 86.0 Å². The second kappa shape index (κ2) is 3.50. The zero-order chi connectivity index (χ0) is 9.26. The van der Waals surface area contributed by atoms with Gasteiger partial charge in [0.1, 0.15) is 0 Å². The summed E-state index contributed by atoms with van der Waals surface area (Å²) in [5, 5.41) is 10.7. The quantitative estimate of drug-likeness (QED) is 0.781. The molecule has 1 saturated carbocycles. The molecule has 1 aromatic rings. The van der Waals surface area contributed by atoms with Gasteiger partial charge in [0, 0.05) is 28.0 Å². The highest BCUT2D eigenvalue weighted by Crippen LogP contribution is 2.27. The Kier molecular flexibility index (Phi) is 2.36. The molecule has 0 bridgehead atoms. The lowest BCUT2D eigenvalue weighted by Crippen LogP contribution is -2.03. The van der Waals surface area contributed by atoms with Crippen LogP contribution in [0.3, 0.4) is 0 Å². The van der Waals surface area contributed by atoms with Crippen LogP contribution in [0.1, 0.15) is 18.4 Å². The van der Waals surface area contributed by atoms with Crippen molar-refractivity contribution < 1.29 is 0 Å². The fraction of sp³-hybridized carbons (Fsp3) is 0.300. The number of rotatable bonds is 3. The third-order valence-corrected chi connectivity index (χ3v) is 2.60. The van der Waals surface area contributed by atoms with E-state index in [1.807, 2.05) is 18.2 Å². The first-order chi connectivity index (χ1) is 6.29. The van der Waals surface area contributed by atoms with Gasteiger partial charge in [-0.2, -0.15) is 0 Å². The molecular weight excluding hydrogens is 228 g/mol. The predicted octanol–water partition coefficient (Wildman–Crippen LogP) is 3.02. The van der Waals surface area contributed by atoms with Crippen LogP contribution in [0.5, 0.6) is 0 Å². The number of anilines is 1. The summed E-state index contributed by atoms with van der Waals surface area (Å²) in [5.41, 5.74) is 2.02. The predicted molar refractivity (Wildman–Crippen MR) is 58.7 cm³/mol.